The lowest BCUT2D eigenvalue weighted by Crippen LogP contribution is -2.57. The first-order chi connectivity index (χ1) is 13.5. The average molecular weight is 407 g/mol. The van der Waals surface area contributed by atoms with E-state index in [2.05, 4.69) is 4.90 Å². The summed E-state index contributed by atoms with van der Waals surface area (Å²) >= 11 is 6.21. The first kappa shape index (κ1) is 20.1. The van der Waals surface area contributed by atoms with Crippen LogP contribution in [0.3, 0.4) is 0 Å². The SMILES string of the molecule is Cc1ccc(C(=O)N2CCC3(CC2)CC(O)CN(C2CCOCC2)C3)cc1Cl. The van der Waals surface area contributed by atoms with Crippen molar-refractivity contribution in [3.8, 4) is 0 Å². The second-order valence-electron chi connectivity index (χ2n) is 8.89. The van der Waals surface area contributed by atoms with Gasteiger partial charge in [0.1, 0.15) is 0 Å². The number of hydrogen-bond donors (Lipinski definition) is 1. The Bertz CT molecular complexity index is 712. The second kappa shape index (κ2) is 8.31. The highest BCUT2D eigenvalue weighted by Crippen LogP contribution is 2.41. The van der Waals surface area contributed by atoms with Crippen LogP contribution in [0.1, 0.15) is 48.0 Å². The van der Waals surface area contributed by atoms with E-state index in [1.165, 1.54) is 0 Å². The first-order valence-corrected chi connectivity index (χ1v) is 10.9. The normalized spacial score (nSPS) is 26.5. The van der Waals surface area contributed by atoms with E-state index in [9.17, 15) is 9.90 Å². The van der Waals surface area contributed by atoms with Gasteiger partial charge in [0, 0.05) is 56.0 Å². The zero-order valence-electron chi connectivity index (χ0n) is 16.7. The number of hydrogen-bond acceptors (Lipinski definition) is 4. The van der Waals surface area contributed by atoms with Gasteiger partial charge in [-0.2, -0.15) is 0 Å². The standard InChI is InChI=1S/C22H31ClN2O3/c1-16-2-3-17(12-20(16)23)21(27)24-8-6-22(7-9-24)13-19(26)14-25(15-22)18-4-10-28-11-5-18/h2-3,12,18-19,26H,4-11,13-15H2,1H3. The number of aliphatic hydroxyl groups is 1. The van der Waals surface area contributed by atoms with Gasteiger partial charge < -0.3 is 14.7 Å². The number of carbonyl (C=O) groups excluding carboxylic acids is 1. The van der Waals surface area contributed by atoms with Gasteiger partial charge in [0.05, 0.1) is 6.10 Å². The van der Waals surface area contributed by atoms with Gasteiger partial charge in [-0.25, -0.2) is 0 Å². The Morgan fingerprint density at radius 3 is 2.64 bits per heavy atom. The molecule has 5 nitrogen and oxygen atoms in total. The van der Waals surface area contributed by atoms with Crippen molar-refractivity contribution in [1.29, 1.82) is 0 Å². The van der Waals surface area contributed by atoms with Crippen molar-refractivity contribution in [1.82, 2.24) is 9.80 Å². The predicted octanol–water partition coefficient (Wildman–Crippen LogP) is 3.12. The van der Waals surface area contributed by atoms with Crippen molar-refractivity contribution >= 4 is 17.5 Å². The molecule has 1 amide bonds. The van der Waals surface area contributed by atoms with E-state index >= 15 is 0 Å². The molecule has 3 saturated heterocycles. The van der Waals surface area contributed by atoms with Crippen molar-refractivity contribution in [2.24, 2.45) is 5.41 Å². The maximum Gasteiger partial charge on any atom is 0.253 e. The molecule has 6 heteroatoms. The molecule has 0 bridgehead atoms. The van der Waals surface area contributed by atoms with Crippen LogP contribution < -0.4 is 0 Å². The lowest BCUT2D eigenvalue weighted by atomic mass is 9.71. The molecule has 0 radical (unpaired) electrons. The van der Waals surface area contributed by atoms with Crippen LogP contribution in [-0.2, 0) is 4.74 Å². The van der Waals surface area contributed by atoms with Crippen LogP contribution in [0.2, 0.25) is 5.02 Å². The Morgan fingerprint density at radius 1 is 1.25 bits per heavy atom. The molecule has 3 fully saturated rings. The molecule has 3 aliphatic rings. The topological polar surface area (TPSA) is 53.0 Å². The Hall–Kier alpha value is -1.14. The number of benzene rings is 1. The highest BCUT2D eigenvalue weighted by molar-refractivity contribution is 6.31. The quantitative estimate of drug-likeness (QED) is 0.819. The van der Waals surface area contributed by atoms with Crippen molar-refractivity contribution in [2.45, 2.75) is 51.2 Å². The third kappa shape index (κ3) is 4.23. The minimum Gasteiger partial charge on any atom is -0.392 e. The number of halogens is 1. The van der Waals surface area contributed by atoms with E-state index in [0.29, 0.717) is 16.6 Å². The summed E-state index contributed by atoms with van der Waals surface area (Å²) < 4.78 is 5.51. The van der Waals surface area contributed by atoms with Crippen LogP contribution in [0, 0.1) is 12.3 Å². The average Bonchev–Trinajstić information content (AvgIpc) is 2.70. The molecule has 0 saturated carbocycles. The van der Waals surface area contributed by atoms with Crippen LogP contribution in [-0.4, -0.2) is 72.4 Å². The van der Waals surface area contributed by atoms with E-state index in [1.807, 2.05) is 24.0 Å². The minimum absolute atomic E-state index is 0.0643. The molecular formula is C22H31ClN2O3. The molecule has 0 aliphatic carbocycles. The summed E-state index contributed by atoms with van der Waals surface area (Å²) in [5.74, 6) is 0.0643. The van der Waals surface area contributed by atoms with E-state index in [1.54, 1.807) is 6.07 Å². The van der Waals surface area contributed by atoms with Gasteiger partial charge in [-0.05, 0) is 62.1 Å². The van der Waals surface area contributed by atoms with E-state index in [4.69, 9.17) is 16.3 Å². The molecule has 1 aromatic carbocycles. The molecule has 1 atom stereocenters. The number of ether oxygens (including phenoxy) is 1. The third-order valence-corrected chi connectivity index (χ3v) is 7.30. The maximum absolute atomic E-state index is 12.9. The summed E-state index contributed by atoms with van der Waals surface area (Å²) in [4.78, 5) is 17.3. The fourth-order valence-corrected chi connectivity index (χ4v) is 5.36. The number of piperidine rings is 2. The van der Waals surface area contributed by atoms with Gasteiger partial charge >= 0.3 is 0 Å². The van der Waals surface area contributed by atoms with Gasteiger partial charge in [0.25, 0.3) is 5.91 Å². The largest absolute Gasteiger partial charge is 0.392 e. The Morgan fingerprint density at radius 2 is 1.96 bits per heavy atom. The van der Waals surface area contributed by atoms with E-state index < -0.39 is 0 Å². The van der Waals surface area contributed by atoms with Crippen LogP contribution >= 0.6 is 11.6 Å². The molecule has 3 aliphatic heterocycles. The smallest absolute Gasteiger partial charge is 0.253 e. The molecule has 1 aromatic rings. The molecule has 1 spiro atoms. The van der Waals surface area contributed by atoms with E-state index in [0.717, 1.165) is 77.1 Å². The number of β-amino-alcohol motifs (C(OH)–C–C–N with tert-alkyl or cyclic N) is 1. The predicted molar refractivity (Wildman–Crippen MR) is 110 cm³/mol. The Labute approximate surface area is 172 Å². The molecular weight excluding hydrogens is 376 g/mol. The summed E-state index contributed by atoms with van der Waals surface area (Å²) in [7, 11) is 0. The molecule has 1 N–H and O–H groups in total. The molecule has 28 heavy (non-hydrogen) atoms. The second-order valence-corrected chi connectivity index (χ2v) is 9.29. The number of aliphatic hydroxyl groups excluding tert-OH is 1. The Balaban J connectivity index is 1.40. The van der Waals surface area contributed by atoms with E-state index in [-0.39, 0.29) is 17.4 Å². The fraction of sp³-hybridized carbons (Fsp3) is 0.682. The summed E-state index contributed by atoms with van der Waals surface area (Å²) in [6.07, 6.45) is 4.60. The number of rotatable bonds is 2. The third-order valence-electron chi connectivity index (χ3n) is 6.89. The number of aryl methyl sites for hydroxylation is 1. The minimum atomic E-state index is -0.269. The summed E-state index contributed by atoms with van der Waals surface area (Å²) in [6, 6.07) is 6.07. The fourth-order valence-electron chi connectivity index (χ4n) is 5.18. The highest BCUT2D eigenvalue weighted by Gasteiger charge is 2.43. The Kier molecular flexibility index (Phi) is 5.98. The van der Waals surface area contributed by atoms with Gasteiger partial charge in [-0.3, -0.25) is 9.69 Å². The van der Waals surface area contributed by atoms with Crippen LogP contribution in [0.25, 0.3) is 0 Å². The number of carbonyl (C=O) groups is 1. The zero-order chi connectivity index (χ0) is 19.7. The number of amides is 1. The summed E-state index contributed by atoms with van der Waals surface area (Å²) in [5.41, 5.74) is 1.77. The highest BCUT2D eigenvalue weighted by atomic mass is 35.5. The maximum atomic E-state index is 12.9. The van der Waals surface area contributed by atoms with Gasteiger partial charge in [-0.1, -0.05) is 17.7 Å². The summed E-state index contributed by atoms with van der Waals surface area (Å²) in [5, 5.41) is 11.2. The van der Waals surface area contributed by atoms with Crippen molar-refractivity contribution in [3.05, 3.63) is 34.3 Å². The van der Waals surface area contributed by atoms with Crippen LogP contribution in [0.5, 0.6) is 0 Å². The lowest BCUT2D eigenvalue weighted by Gasteiger charge is -2.51. The van der Waals surface area contributed by atoms with Crippen LogP contribution in [0.15, 0.2) is 18.2 Å². The molecule has 1 unspecified atom stereocenters. The van der Waals surface area contributed by atoms with Crippen LogP contribution in [0.4, 0.5) is 0 Å². The summed E-state index contributed by atoms with van der Waals surface area (Å²) in [6.45, 7) is 6.90. The van der Waals surface area contributed by atoms with Gasteiger partial charge in [0.2, 0.25) is 0 Å². The monoisotopic (exact) mass is 406 g/mol. The zero-order valence-corrected chi connectivity index (χ0v) is 17.5. The van der Waals surface area contributed by atoms with Crippen molar-refractivity contribution in [3.63, 3.8) is 0 Å². The van der Waals surface area contributed by atoms with Crippen molar-refractivity contribution in [2.75, 3.05) is 39.4 Å². The lowest BCUT2D eigenvalue weighted by molar-refractivity contribution is -0.0695. The number of nitrogens with zero attached hydrogens (tertiary/aromatic N) is 2. The van der Waals surface area contributed by atoms with Crippen molar-refractivity contribution < 1.29 is 14.6 Å². The molecule has 4 rings (SSSR count). The van der Waals surface area contributed by atoms with Gasteiger partial charge in [-0.15, -0.1) is 0 Å². The molecule has 3 heterocycles. The molecule has 0 aromatic heterocycles. The molecule has 154 valence electrons. The van der Waals surface area contributed by atoms with Gasteiger partial charge in [0.15, 0.2) is 0 Å². The number of likely N-dealkylation sites (tertiary alicyclic amines) is 2. The first-order valence-electron chi connectivity index (χ1n) is 10.5.